The zero-order valence-corrected chi connectivity index (χ0v) is 12.7. The van der Waals surface area contributed by atoms with Gasteiger partial charge in [-0.05, 0) is 59.1 Å². The molecule has 19 heavy (non-hydrogen) atoms. The van der Waals surface area contributed by atoms with Gasteiger partial charge in [-0.2, -0.15) is 0 Å². The maximum atomic E-state index is 6.03. The highest BCUT2D eigenvalue weighted by atomic mass is 16.7. The fourth-order valence-electron chi connectivity index (χ4n) is 1.95. The third-order valence-corrected chi connectivity index (χ3v) is 3.75. The molecule has 1 aliphatic heterocycles. The molecule has 2 heterocycles. The quantitative estimate of drug-likeness (QED) is 0.848. The van der Waals surface area contributed by atoms with Crippen molar-refractivity contribution in [3.63, 3.8) is 0 Å². The Morgan fingerprint density at radius 3 is 2.26 bits per heavy atom. The fraction of sp³-hybridized carbons (Fsp3) is 0.643. The number of rotatable bonds is 3. The van der Waals surface area contributed by atoms with Crippen LogP contribution in [0.5, 0.6) is 0 Å². The first-order chi connectivity index (χ1) is 8.71. The van der Waals surface area contributed by atoms with E-state index in [1.807, 2.05) is 12.1 Å². The van der Waals surface area contributed by atoms with Crippen LogP contribution in [-0.2, 0) is 9.31 Å². The minimum atomic E-state index is -0.333. The van der Waals surface area contributed by atoms with E-state index in [-0.39, 0.29) is 18.3 Å². The molecule has 1 fully saturated rings. The normalized spacial score (nSPS) is 20.9. The van der Waals surface area contributed by atoms with Gasteiger partial charge in [0.15, 0.2) is 0 Å². The molecule has 1 aliphatic rings. The van der Waals surface area contributed by atoms with Gasteiger partial charge in [-0.25, -0.2) is 4.98 Å². The lowest BCUT2D eigenvalue weighted by Crippen LogP contribution is -2.41. The number of anilines is 1. The number of hydrogen-bond acceptors (Lipinski definition) is 4. The van der Waals surface area contributed by atoms with Crippen molar-refractivity contribution >= 4 is 18.4 Å². The van der Waals surface area contributed by atoms with E-state index in [0.29, 0.717) is 6.04 Å². The average molecular weight is 262 g/mol. The molecule has 0 spiro atoms. The van der Waals surface area contributed by atoms with E-state index in [9.17, 15) is 0 Å². The van der Waals surface area contributed by atoms with Crippen LogP contribution in [0.1, 0.15) is 41.5 Å². The van der Waals surface area contributed by atoms with E-state index in [1.165, 1.54) is 0 Å². The molecule has 0 aliphatic carbocycles. The summed E-state index contributed by atoms with van der Waals surface area (Å²) in [6.45, 7) is 12.4. The SMILES string of the molecule is CC(C)Nc1cc(B2OC(C)(C)C(C)(C)O2)ccn1. The van der Waals surface area contributed by atoms with Gasteiger partial charge in [0, 0.05) is 12.2 Å². The number of aromatic nitrogens is 1. The Morgan fingerprint density at radius 1 is 1.16 bits per heavy atom. The van der Waals surface area contributed by atoms with E-state index < -0.39 is 0 Å². The second-order valence-electron chi connectivity index (χ2n) is 6.36. The first kappa shape index (κ1) is 14.3. The molecule has 4 nitrogen and oxygen atoms in total. The Labute approximate surface area is 116 Å². The van der Waals surface area contributed by atoms with Gasteiger partial charge in [0.25, 0.3) is 0 Å². The maximum Gasteiger partial charge on any atom is 0.495 e. The standard InChI is InChI=1S/C14H23BN2O2/c1-10(2)17-12-9-11(7-8-16-12)15-18-13(3,4)14(5,6)19-15/h7-10H,1-6H3,(H,16,17). The summed E-state index contributed by atoms with van der Waals surface area (Å²) >= 11 is 0. The molecule has 0 saturated carbocycles. The molecule has 1 aromatic heterocycles. The number of hydrogen-bond donors (Lipinski definition) is 1. The lowest BCUT2D eigenvalue weighted by Gasteiger charge is -2.32. The van der Waals surface area contributed by atoms with Gasteiger partial charge in [-0.3, -0.25) is 0 Å². The molecule has 0 bridgehead atoms. The highest BCUT2D eigenvalue weighted by Crippen LogP contribution is 2.36. The Hall–Kier alpha value is -1.07. The molecule has 104 valence electrons. The molecule has 1 N–H and O–H groups in total. The highest BCUT2D eigenvalue weighted by Gasteiger charge is 2.51. The largest absolute Gasteiger partial charge is 0.495 e. The molecule has 2 rings (SSSR count). The second kappa shape index (κ2) is 4.80. The van der Waals surface area contributed by atoms with Crippen LogP contribution >= 0.6 is 0 Å². The fourth-order valence-corrected chi connectivity index (χ4v) is 1.95. The molecule has 5 heteroatoms. The Kier molecular flexibility index (Phi) is 3.62. The Morgan fingerprint density at radius 2 is 1.74 bits per heavy atom. The van der Waals surface area contributed by atoms with Crippen molar-refractivity contribution in [1.29, 1.82) is 0 Å². The Balaban J connectivity index is 2.20. The van der Waals surface area contributed by atoms with Crippen molar-refractivity contribution in [2.24, 2.45) is 0 Å². The van der Waals surface area contributed by atoms with Gasteiger partial charge in [-0.1, -0.05) is 0 Å². The molecule has 1 aromatic rings. The summed E-state index contributed by atoms with van der Waals surface area (Å²) in [5.74, 6) is 0.849. The van der Waals surface area contributed by atoms with Gasteiger partial charge in [0.1, 0.15) is 5.82 Å². The van der Waals surface area contributed by atoms with Crippen LogP contribution in [0.3, 0.4) is 0 Å². The third kappa shape index (κ3) is 2.93. The summed E-state index contributed by atoms with van der Waals surface area (Å²) in [7, 11) is -0.333. The molecular weight excluding hydrogens is 239 g/mol. The van der Waals surface area contributed by atoms with Crippen molar-refractivity contribution in [3.05, 3.63) is 18.3 Å². The van der Waals surface area contributed by atoms with Crippen molar-refractivity contribution in [2.45, 2.75) is 58.8 Å². The molecule has 0 aromatic carbocycles. The smallest absolute Gasteiger partial charge is 0.399 e. The summed E-state index contributed by atoms with van der Waals surface area (Å²) < 4.78 is 12.1. The minimum Gasteiger partial charge on any atom is -0.399 e. The van der Waals surface area contributed by atoms with Crippen molar-refractivity contribution < 1.29 is 9.31 Å². The molecular formula is C14H23BN2O2. The summed E-state index contributed by atoms with van der Waals surface area (Å²) in [4.78, 5) is 4.30. The summed E-state index contributed by atoms with van der Waals surface area (Å²) in [5, 5.41) is 3.29. The monoisotopic (exact) mass is 262 g/mol. The van der Waals surface area contributed by atoms with E-state index in [1.54, 1.807) is 6.20 Å². The van der Waals surface area contributed by atoms with Crippen LogP contribution in [0.2, 0.25) is 0 Å². The van der Waals surface area contributed by atoms with Gasteiger partial charge < -0.3 is 14.6 Å². The molecule has 0 atom stereocenters. The van der Waals surface area contributed by atoms with Gasteiger partial charge in [-0.15, -0.1) is 0 Å². The summed E-state index contributed by atoms with van der Waals surface area (Å²) in [6, 6.07) is 4.27. The van der Waals surface area contributed by atoms with E-state index in [4.69, 9.17) is 9.31 Å². The number of nitrogens with zero attached hydrogens (tertiary/aromatic N) is 1. The zero-order valence-electron chi connectivity index (χ0n) is 12.7. The van der Waals surface area contributed by atoms with E-state index in [0.717, 1.165) is 11.3 Å². The van der Waals surface area contributed by atoms with Gasteiger partial charge in [0.05, 0.1) is 11.2 Å². The average Bonchev–Trinajstić information content (AvgIpc) is 2.47. The van der Waals surface area contributed by atoms with Crippen LogP contribution in [0, 0.1) is 0 Å². The molecule has 1 saturated heterocycles. The zero-order chi connectivity index (χ0) is 14.3. The third-order valence-electron chi connectivity index (χ3n) is 3.75. The number of nitrogens with one attached hydrogen (secondary N) is 1. The summed E-state index contributed by atoms with van der Waals surface area (Å²) in [5.41, 5.74) is 0.371. The lowest BCUT2D eigenvalue weighted by atomic mass is 9.80. The molecule has 0 amide bonds. The maximum absolute atomic E-state index is 6.03. The molecule has 0 unspecified atom stereocenters. The van der Waals surface area contributed by atoms with E-state index in [2.05, 4.69) is 51.8 Å². The van der Waals surface area contributed by atoms with Crippen LogP contribution in [0.15, 0.2) is 18.3 Å². The van der Waals surface area contributed by atoms with Crippen molar-refractivity contribution in [3.8, 4) is 0 Å². The topological polar surface area (TPSA) is 43.4 Å². The lowest BCUT2D eigenvalue weighted by molar-refractivity contribution is 0.00578. The van der Waals surface area contributed by atoms with Crippen molar-refractivity contribution in [1.82, 2.24) is 4.98 Å². The van der Waals surface area contributed by atoms with Crippen LogP contribution < -0.4 is 10.8 Å². The van der Waals surface area contributed by atoms with Crippen LogP contribution in [-0.4, -0.2) is 29.3 Å². The van der Waals surface area contributed by atoms with Gasteiger partial charge >= 0.3 is 7.12 Å². The molecule has 0 radical (unpaired) electrons. The van der Waals surface area contributed by atoms with Crippen LogP contribution in [0.4, 0.5) is 5.82 Å². The minimum absolute atomic E-state index is 0.313. The Bertz CT molecular complexity index is 445. The highest BCUT2D eigenvalue weighted by molar-refractivity contribution is 6.62. The van der Waals surface area contributed by atoms with Crippen molar-refractivity contribution in [2.75, 3.05) is 5.32 Å². The predicted octanol–water partition coefficient (Wildman–Crippen LogP) is 2.20. The first-order valence-corrected chi connectivity index (χ1v) is 6.79. The van der Waals surface area contributed by atoms with Crippen LogP contribution in [0.25, 0.3) is 0 Å². The predicted molar refractivity (Wildman–Crippen MR) is 78.7 cm³/mol. The first-order valence-electron chi connectivity index (χ1n) is 6.79. The van der Waals surface area contributed by atoms with E-state index >= 15 is 0 Å². The second-order valence-corrected chi connectivity index (χ2v) is 6.36. The summed E-state index contributed by atoms with van der Waals surface area (Å²) in [6.07, 6.45) is 1.78. The number of pyridine rings is 1. The van der Waals surface area contributed by atoms with Gasteiger partial charge in [0.2, 0.25) is 0 Å².